The van der Waals surface area contributed by atoms with Crippen molar-refractivity contribution in [2.75, 3.05) is 26.2 Å². The zero-order valence-electron chi connectivity index (χ0n) is 12.4. The Morgan fingerprint density at radius 3 is 2.36 bits per heavy atom. The summed E-state index contributed by atoms with van der Waals surface area (Å²) < 4.78 is 0. The summed E-state index contributed by atoms with van der Waals surface area (Å²) in [5.74, 6) is -2.10. The van der Waals surface area contributed by atoms with Gasteiger partial charge in [0.15, 0.2) is 5.66 Å². The first-order valence-electron chi connectivity index (χ1n) is 7.88. The van der Waals surface area contributed by atoms with Gasteiger partial charge in [0.25, 0.3) is 0 Å². The largest absolute Gasteiger partial charge is 0.480 e. The average Bonchev–Trinajstić information content (AvgIpc) is 3.16. The lowest BCUT2D eigenvalue weighted by molar-refractivity contribution is -0.165. The van der Waals surface area contributed by atoms with Crippen LogP contribution in [0.5, 0.6) is 0 Å². The smallest absolute Gasteiger partial charge is 0.341 e. The van der Waals surface area contributed by atoms with Crippen LogP contribution >= 0.6 is 0 Å². The van der Waals surface area contributed by atoms with E-state index in [0.29, 0.717) is 19.4 Å². The predicted octanol–water partition coefficient (Wildman–Crippen LogP) is -1.26. The monoisotopic (exact) mass is 313 g/mol. The molecule has 0 aromatic rings. The summed E-state index contributed by atoms with van der Waals surface area (Å²) in [5, 5.41) is 32.7. The van der Waals surface area contributed by atoms with Crippen LogP contribution in [0.4, 0.5) is 0 Å². The second-order valence-electron chi connectivity index (χ2n) is 6.40. The van der Waals surface area contributed by atoms with E-state index in [4.69, 9.17) is 0 Å². The zero-order chi connectivity index (χ0) is 15.9. The van der Waals surface area contributed by atoms with E-state index in [-0.39, 0.29) is 6.54 Å². The second-order valence-corrected chi connectivity index (χ2v) is 6.40. The average molecular weight is 313 g/mol. The number of aliphatic carboxylic acids is 2. The first kappa shape index (κ1) is 15.7. The lowest BCUT2D eigenvalue weighted by Gasteiger charge is -2.45. The standard InChI is InChI=1S/C14H23N3O5/c18-10-8-15-14(13(21)22,11(10)16-5-1-2-6-16)17-7-3-4-9(17)12(19)20/h9-11,15,18H,1-8H2,(H,19,20)(H,21,22). The predicted molar refractivity (Wildman–Crippen MR) is 76.3 cm³/mol. The van der Waals surface area contributed by atoms with Crippen molar-refractivity contribution in [2.24, 2.45) is 0 Å². The molecule has 4 unspecified atom stereocenters. The quantitative estimate of drug-likeness (QED) is 0.509. The molecular weight excluding hydrogens is 290 g/mol. The van der Waals surface area contributed by atoms with Gasteiger partial charge in [-0.15, -0.1) is 0 Å². The number of rotatable bonds is 4. The van der Waals surface area contributed by atoms with E-state index in [1.807, 2.05) is 4.90 Å². The number of nitrogens with zero attached hydrogens (tertiary/aromatic N) is 2. The number of aliphatic hydroxyl groups excluding tert-OH is 1. The van der Waals surface area contributed by atoms with Crippen molar-refractivity contribution in [2.45, 2.75) is 49.5 Å². The minimum atomic E-state index is -1.52. The lowest BCUT2D eigenvalue weighted by Crippen LogP contribution is -2.72. The Kier molecular flexibility index (Phi) is 4.11. The number of hydrogen-bond donors (Lipinski definition) is 4. The van der Waals surface area contributed by atoms with Crippen LogP contribution in [0.1, 0.15) is 25.7 Å². The number of likely N-dealkylation sites (tertiary alicyclic amines) is 2. The summed E-state index contributed by atoms with van der Waals surface area (Å²) in [6.07, 6.45) is 2.22. The summed E-state index contributed by atoms with van der Waals surface area (Å²) in [6.45, 7) is 2.05. The zero-order valence-corrected chi connectivity index (χ0v) is 12.4. The van der Waals surface area contributed by atoms with Crippen LogP contribution in [-0.2, 0) is 9.59 Å². The van der Waals surface area contributed by atoms with E-state index in [2.05, 4.69) is 5.32 Å². The first-order chi connectivity index (χ1) is 10.5. The van der Waals surface area contributed by atoms with Crippen molar-refractivity contribution in [1.29, 1.82) is 0 Å². The van der Waals surface area contributed by atoms with Crippen molar-refractivity contribution in [3.63, 3.8) is 0 Å². The summed E-state index contributed by atoms with van der Waals surface area (Å²) in [7, 11) is 0. The van der Waals surface area contributed by atoms with E-state index in [1.54, 1.807) is 0 Å². The highest BCUT2D eigenvalue weighted by Gasteiger charge is 2.62. The van der Waals surface area contributed by atoms with Crippen LogP contribution in [0.15, 0.2) is 0 Å². The Hall–Kier alpha value is -1.22. The number of carbonyl (C=O) groups is 2. The lowest BCUT2D eigenvalue weighted by atomic mass is 9.95. The molecule has 0 saturated carbocycles. The fraction of sp³-hybridized carbons (Fsp3) is 0.857. The van der Waals surface area contributed by atoms with E-state index >= 15 is 0 Å². The van der Waals surface area contributed by atoms with Gasteiger partial charge in [-0.25, -0.2) is 4.79 Å². The molecule has 3 heterocycles. The number of carboxylic acid groups (broad SMARTS) is 2. The summed E-state index contributed by atoms with van der Waals surface area (Å²) in [5.41, 5.74) is -1.52. The molecule has 3 aliphatic rings. The molecular formula is C14H23N3O5. The minimum Gasteiger partial charge on any atom is -0.480 e. The molecule has 0 spiro atoms. The summed E-state index contributed by atoms with van der Waals surface area (Å²) in [6, 6.07) is -1.44. The first-order valence-corrected chi connectivity index (χ1v) is 7.88. The molecule has 3 rings (SSSR count). The fourth-order valence-electron chi connectivity index (χ4n) is 4.32. The van der Waals surface area contributed by atoms with Crippen molar-refractivity contribution < 1.29 is 24.9 Å². The molecule has 3 fully saturated rings. The molecule has 0 aromatic carbocycles. The number of aliphatic hydroxyl groups is 1. The Morgan fingerprint density at radius 1 is 1.09 bits per heavy atom. The van der Waals surface area contributed by atoms with Gasteiger partial charge in [-0.05, 0) is 38.8 Å². The van der Waals surface area contributed by atoms with Gasteiger partial charge in [0.05, 0.1) is 12.1 Å². The van der Waals surface area contributed by atoms with Crippen LogP contribution in [0, 0.1) is 0 Å². The highest BCUT2D eigenvalue weighted by molar-refractivity contribution is 5.82. The fourth-order valence-corrected chi connectivity index (χ4v) is 4.32. The molecule has 0 bridgehead atoms. The van der Waals surface area contributed by atoms with E-state index in [0.717, 1.165) is 25.9 Å². The third kappa shape index (κ3) is 2.21. The second kappa shape index (κ2) is 5.77. The van der Waals surface area contributed by atoms with Gasteiger partial charge < -0.3 is 15.3 Å². The number of carboxylic acids is 2. The van der Waals surface area contributed by atoms with Crippen LogP contribution in [0.3, 0.4) is 0 Å². The van der Waals surface area contributed by atoms with E-state index in [9.17, 15) is 24.9 Å². The molecule has 4 atom stereocenters. The molecule has 0 radical (unpaired) electrons. The molecule has 124 valence electrons. The van der Waals surface area contributed by atoms with Crippen molar-refractivity contribution in [3.05, 3.63) is 0 Å². The molecule has 0 aliphatic carbocycles. The number of hydrogen-bond acceptors (Lipinski definition) is 6. The van der Waals surface area contributed by atoms with Gasteiger partial charge in [-0.1, -0.05) is 0 Å². The van der Waals surface area contributed by atoms with Gasteiger partial charge in [-0.3, -0.25) is 19.9 Å². The Morgan fingerprint density at radius 2 is 1.77 bits per heavy atom. The summed E-state index contributed by atoms with van der Waals surface area (Å²) >= 11 is 0. The molecule has 0 amide bonds. The highest BCUT2D eigenvalue weighted by atomic mass is 16.4. The topological polar surface area (TPSA) is 113 Å². The molecule has 3 saturated heterocycles. The maximum absolute atomic E-state index is 12.2. The van der Waals surface area contributed by atoms with Crippen LogP contribution in [0.25, 0.3) is 0 Å². The van der Waals surface area contributed by atoms with Gasteiger partial charge in [0.2, 0.25) is 0 Å². The molecule has 8 nitrogen and oxygen atoms in total. The highest BCUT2D eigenvalue weighted by Crippen LogP contribution is 2.36. The van der Waals surface area contributed by atoms with E-state index in [1.165, 1.54) is 4.90 Å². The SMILES string of the molecule is O=C(O)C1CCCN1C1(C(=O)O)NCC(O)C1N1CCCC1. The third-order valence-electron chi connectivity index (χ3n) is 5.22. The van der Waals surface area contributed by atoms with Crippen molar-refractivity contribution in [3.8, 4) is 0 Å². The Balaban J connectivity index is 1.99. The van der Waals surface area contributed by atoms with Gasteiger partial charge >= 0.3 is 11.9 Å². The van der Waals surface area contributed by atoms with Gasteiger partial charge in [0, 0.05) is 13.1 Å². The van der Waals surface area contributed by atoms with Crippen molar-refractivity contribution >= 4 is 11.9 Å². The molecule has 8 heteroatoms. The Labute approximate surface area is 128 Å². The van der Waals surface area contributed by atoms with Crippen LogP contribution < -0.4 is 5.32 Å². The van der Waals surface area contributed by atoms with Crippen LogP contribution in [0.2, 0.25) is 0 Å². The maximum Gasteiger partial charge on any atom is 0.341 e. The Bertz CT molecular complexity index is 467. The molecule has 3 aliphatic heterocycles. The van der Waals surface area contributed by atoms with Crippen molar-refractivity contribution in [1.82, 2.24) is 15.1 Å². The van der Waals surface area contributed by atoms with Gasteiger partial charge in [0.1, 0.15) is 6.04 Å². The van der Waals surface area contributed by atoms with E-state index < -0.39 is 35.8 Å². The summed E-state index contributed by atoms with van der Waals surface area (Å²) in [4.78, 5) is 27.2. The third-order valence-corrected chi connectivity index (χ3v) is 5.22. The number of nitrogens with one attached hydrogen (secondary N) is 1. The van der Waals surface area contributed by atoms with Gasteiger partial charge in [-0.2, -0.15) is 0 Å². The molecule has 0 aromatic heterocycles. The van der Waals surface area contributed by atoms with Crippen LogP contribution in [-0.4, -0.2) is 87.1 Å². The number of β-amino-alcohol motifs (C(OH)–C–C–N with tert-alkyl or cyclic N) is 1. The molecule has 4 N–H and O–H groups in total. The normalized spacial score (nSPS) is 40.3. The minimum absolute atomic E-state index is 0.163. The maximum atomic E-state index is 12.2. The molecule has 22 heavy (non-hydrogen) atoms.